The Morgan fingerprint density at radius 2 is 2.13 bits per heavy atom. The number of hydrogen-bond donors (Lipinski definition) is 1. The fourth-order valence-corrected chi connectivity index (χ4v) is 2.07. The van der Waals surface area contributed by atoms with Crippen LogP contribution in [0.25, 0.3) is 0 Å². The highest BCUT2D eigenvalue weighted by Gasteiger charge is 2.14. The van der Waals surface area contributed by atoms with Gasteiger partial charge in [-0.25, -0.2) is 4.98 Å². The zero-order chi connectivity index (χ0) is 16.8. The second kappa shape index (κ2) is 7.58. The maximum absolute atomic E-state index is 12.0. The molecule has 6 nitrogen and oxygen atoms in total. The molecular formula is C17H21N3O3. The predicted octanol–water partition coefficient (Wildman–Crippen LogP) is 1.44. The van der Waals surface area contributed by atoms with Crippen molar-refractivity contribution in [2.75, 3.05) is 6.54 Å². The van der Waals surface area contributed by atoms with Crippen LogP contribution in [0.15, 0.2) is 41.5 Å². The van der Waals surface area contributed by atoms with Crippen LogP contribution in [-0.4, -0.2) is 28.1 Å². The van der Waals surface area contributed by atoms with E-state index >= 15 is 0 Å². The summed E-state index contributed by atoms with van der Waals surface area (Å²) in [6.07, 6.45) is 0.876. The largest absolute Gasteiger partial charge is 0.481 e. The minimum absolute atomic E-state index is 0.129. The lowest BCUT2D eigenvalue weighted by Crippen LogP contribution is -2.38. The summed E-state index contributed by atoms with van der Waals surface area (Å²) in [5, 5.41) is 2.76. The van der Waals surface area contributed by atoms with Crippen LogP contribution >= 0.6 is 0 Å². The molecule has 1 unspecified atom stereocenters. The van der Waals surface area contributed by atoms with Gasteiger partial charge in [-0.05, 0) is 38.5 Å². The summed E-state index contributed by atoms with van der Waals surface area (Å²) in [7, 11) is 0. The quantitative estimate of drug-likeness (QED) is 0.875. The van der Waals surface area contributed by atoms with Crippen molar-refractivity contribution in [2.24, 2.45) is 0 Å². The van der Waals surface area contributed by atoms with Crippen LogP contribution < -0.4 is 15.6 Å². The number of amides is 1. The number of nitrogens with zero attached hydrogens (tertiary/aromatic N) is 2. The minimum Gasteiger partial charge on any atom is -0.481 e. The van der Waals surface area contributed by atoms with Crippen LogP contribution in [0.1, 0.15) is 18.2 Å². The second-order valence-corrected chi connectivity index (χ2v) is 5.43. The molecule has 0 saturated carbocycles. The number of ether oxygens (including phenoxy) is 1. The summed E-state index contributed by atoms with van der Waals surface area (Å²) in [5.74, 6) is 0.436. The lowest BCUT2D eigenvalue weighted by Gasteiger charge is -2.15. The van der Waals surface area contributed by atoms with E-state index in [2.05, 4.69) is 10.3 Å². The van der Waals surface area contributed by atoms with Crippen LogP contribution in [0.2, 0.25) is 0 Å². The average molecular weight is 315 g/mol. The smallest absolute Gasteiger partial charge is 0.260 e. The number of carbonyl (C=O) groups excluding carboxylic acids is 1. The Morgan fingerprint density at radius 3 is 2.83 bits per heavy atom. The molecule has 0 saturated heterocycles. The van der Waals surface area contributed by atoms with Gasteiger partial charge in [0.1, 0.15) is 5.75 Å². The third-order valence-corrected chi connectivity index (χ3v) is 3.34. The maximum Gasteiger partial charge on any atom is 0.260 e. The summed E-state index contributed by atoms with van der Waals surface area (Å²) in [6.45, 7) is 6.13. The van der Waals surface area contributed by atoms with Gasteiger partial charge in [0, 0.05) is 24.8 Å². The molecule has 2 rings (SSSR count). The highest BCUT2D eigenvalue weighted by atomic mass is 16.5. The fraction of sp³-hybridized carbons (Fsp3) is 0.353. The summed E-state index contributed by atoms with van der Waals surface area (Å²) >= 11 is 0. The Bertz CT molecular complexity index is 740. The molecule has 1 atom stereocenters. The lowest BCUT2D eigenvalue weighted by atomic mass is 10.2. The molecule has 0 fully saturated rings. The van der Waals surface area contributed by atoms with E-state index < -0.39 is 6.10 Å². The Kier molecular flexibility index (Phi) is 5.51. The third kappa shape index (κ3) is 4.95. The Morgan fingerprint density at radius 1 is 1.35 bits per heavy atom. The van der Waals surface area contributed by atoms with Crippen LogP contribution in [0, 0.1) is 13.8 Å². The van der Waals surface area contributed by atoms with Crippen LogP contribution in [0.4, 0.5) is 0 Å². The Balaban J connectivity index is 1.83. The van der Waals surface area contributed by atoms with E-state index in [1.807, 2.05) is 31.2 Å². The molecule has 0 spiro atoms. The summed E-state index contributed by atoms with van der Waals surface area (Å²) in [5.41, 5.74) is 1.62. The first-order valence-electron chi connectivity index (χ1n) is 7.50. The number of hydrogen-bond acceptors (Lipinski definition) is 4. The van der Waals surface area contributed by atoms with E-state index in [1.165, 1.54) is 17.0 Å². The van der Waals surface area contributed by atoms with Crippen LogP contribution in [0.5, 0.6) is 5.75 Å². The van der Waals surface area contributed by atoms with Gasteiger partial charge in [0.2, 0.25) is 0 Å². The Labute approximate surface area is 135 Å². The van der Waals surface area contributed by atoms with E-state index in [-0.39, 0.29) is 11.5 Å². The van der Waals surface area contributed by atoms with Crippen molar-refractivity contribution in [1.82, 2.24) is 14.9 Å². The lowest BCUT2D eigenvalue weighted by molar-refractivity contribution is -0.127. The molecule has 6 heteroatoms. The molecule has 0 aliphatic carbocycles. The van der Waals surface area contributed by atoms with Crippen LogP contribution in [-0.2, 0) is 11.3 Å². The van der Waals surface area contributed by atoms with Gasteiger partial charge in [-0.15, -0.1) is 0 Å². The average Bonchev–Trinajstić information content (AvgIpc) is 2.49. The van der Waals surface area contributed by atoms with E-state index in [0.717, 1.165) is 5.56 Å². The van der Waals surface area contributed by atoms with E-state index in [1.54, 1.807) is 13.8 Å². The first-order chi connectivity index (χ1) is 11.0. The Hall–Kier alpha value is -2.63. The van der Waals surface area contributed by atoms with Gasteiger partial charge in [0.25, 0.3) is 11.5 Å². The molecular weight excluding hydrogens is 294 g/mol. The molecule has 1 N–H and O–H groups in total. The summed E-state index contributed by atoms with van der Waals surface area (Å²) < 4.78 is 7.06. The SMILES string of the molecule is Cc1cccc(OC(C)C(=O)NCCn2cnc(C)cc2=O)c1. The zero-order valence-corrected chi connectivity index (χ0v) is 13.6. The van der Waals surface area contributed by atoms with Crippen molar-refractivity contribution in [1.29, 1.82) is 0 Å². The molecule has 1 amide bonds. The molecule has 2 aromatic rings. The van der Waals surface area contributed by atoms with Gasteiger partial charge in [-0.3, -0.25) is 14.2 Å². The molecule has 0 aliphatic heterocycles. The zero-order valence-electron chi connectivity index (χ0n) is 13.6. The number of rotatable bonds is 6. The van der Waals surface area contributed by atoms with Crippen LogP contribution in [0.3, 0.4) is 0 Å². The normalized spacial score (nSPS) is 11.8. The summed E-state index contributed by atoms with van der Waals surface area (Å²) in [4.78, 5) is 27.8. The van der Waals surface area contributed by atoms with Gasteiger partial charge >= 0.3 is 0 Å². The molecule has 1 heterocycles. The second-order valence-electron chi connectivity index (χ2n) is 5.43. The molecule has 122 valence electrons. The number of aromatic nitrogens is 2. The van der Waals surface area contributed by atoms with Crippen molar-refractivity contribution in [2.45, 2.75) is 33.4 Å². The molecule has 0 aliphatic rings. The fourth-order valence-electron chi connectivity index (χ4n) is 2.07. The van der Waals surface area contributed by atoms with Crippen molar-refractivity contribution in [3.63, 3.8) is 0 Å². The topological polar surface area (TPSA) is 73.2 Å². The molecule has 1 aromatic carbocycles. The molecule has 23 heavy (non-hydrogen) atoms. The minimum atomic E-state index is -0.607. The van der Waals surface area contributed by atoms with Gasteiger partial charge in [0.15, 0.2) is 6.10 Å². The first kappa shape index (κ1) is 16.7. The molecule has 1 aromatic heterocycles. The highest BCUT2D eigenvalue weighted by molar-refractivity contribution is 5.80. The third-order valence-electron chi connectivity index (χ3n) is 3.34. The number of aryl methyl sites for hydroxylation is 2. The van der Waals surface area contributed by atoms with Gasteiger partial charge in [0.05, 0.1) is 6.33 Å². The van der Waals surface area contributed by atoms with Crippen molar-refractivity contribution < 1.29 is 9.53 Å². The van der Waals surface area contributed by atoms with E-state index in [0.29, 0.717) is 24.5 Å². The van der Waals surface area contributed by atoms with Crippen molar-refractivity contribution in [3.05, 3.63) is 58.3 Å². The number of benzene rings is 1. The maximum atomic E-state index is 12.0. The standard InChI is InChI=1S/C17H21N3O3/c1-12-5-4-6-15(9-12)23-14(3)17(22)18-7-8-20-11-19-13(2)10-16(20)21/h4-6,9-11,14H,7-8H2,1-3H3,(H,18,22). The summed E-state index contributed by atoms with van der Waals surface area (Å²) in [6, 6.07) is 9.00. The van der Waals surface area contributed by atoms with Gasteiger partial charge < -0.3 is 10.1 Å². The molecule has 0 bridgehead atoms. The van der Waals surface area contributed by atoms with E-state index in [9.17, 15) is 9.59 Å². The van der Waals surface area contributed by atoms with Crippen molar-refractivity contribution in [3.8, 4) is 5.75 Å². The van der Waals surface area contributed by atoms with Gasteiger partial charge in [-0.1, -0.05) is 12.1 Å². The van der Waals surface area contributed by atoms with E-state index in [4.69, 9.17) is 4.74 Å². The molecule has 0 radical (unpaired) electrons. The van der Waals surface area contributed by atoms with Gasteiger partial charge in [-0.2, -0.15) is 0 Å². The highest BCUT2D eigenvalue weighted by Crippen LogP contribution is 2.14. The predicted molar refractivity (Wildman–Crippen MR) is 87.5 cm³/mol. The van der Waals surface area contributed by atoms with Crippen molar-refractivity contribution >= 4 is 5.91 Å². The number of carbonyl (C=O) groups is 1. The monoisotopic (exact) mass is 315 g/mol. The first-order valence-corrected chi connectivity index (χ1v) is 7.50. The number of nitrogens with one attached hydrogen (secondary N) is 1.